The van der Waals surface area contributed by atoms with E-state index in [0.29, 0.717) is 18.2 Å². The monoisotopic (exact) mass is 400 g/mol. The number of likely N-dealkylation sites (tertiary alicyclic amines) is 1. The number of anilines is 1. The summed E-state index contributed by atoms with van der Waals surface area (Å²) in [6.07, 6.45) is 5.42. The highest BCUT2D eigenvalue weighted by Crippen LogP contribution is 2.39. The van der Waals surface area contributed by atoms with Crippen LogP contribution in [0.4, 0.5) is 5.82 Å². The summed E-state index contributed by atoms with van der Waals surface area (Å²) in [6.45, 7) is 3.49. The van der Waals surface area contributed by atoms with E-state index in [-0.39, 0.29) is 5.91 Å². The lowest BCUT2D eigenvalue weighted by atomic mass is 10.0. The van der Waals surface area contributed by atoms with Crippen molar-refractivity contribution in [1.82, 2.24) is 15.1 Å². The average Bonchev–Trinajstić information content (AvgIpc) is 3.28. The molecule has 1 saturated carbocycles. The minimum atomic E-state index is -0.0390. The molecule has 2 N–H and O–H groups in total. The van der Waals surface area contributed by atoms with Crippen LogP contribution < -0.4 is 5.32 Å². The Morgan fingerprint density at radius 3 is 2.23 bits per heavy atom. The lowest BCUT2D eigenvalue weighted by molar-refractivity contribution is -0.115. The van der Waals surface area contributed by atoms with Crippen molar-refractivity contribution >= 4 is 11.7 Å². The van der Waals surface area contributed by atoms with Crippen molar-refractivity contribution in [3.63, 3.8) is 0 Å². The topological polar surface area (TPSA) is 61.0 Å². The number of rotatable bonds is 7. The van der Waals surface area contributed by atoms with Gasteiger partial charge < -0.3 is 5.32 Å². The number of carbonyl (C=O) groups excluding carboxylic acids is 1. The van der Waals surface area contributed by atoms with Gasteiger partial charge in [0.1, 0.15) is 0 Å². The smallest absolute Gasteiger partial charge is 0.229 e. The molecule has 2 aliphatic rings. The SMILES string of the molecule is O=C(Cc1ccc(-c2ccc(CN3CCCC3)cc2)cc1)Nc1cc(C2CC2)[nH]n1. The zero-order valence-electron chi connectivity index (χ0n) is 17.2. The Morgan fingerprint density at radius 2 is 1.60 bits per heavy atom. The Kier molecular flexibility index (Phi) is 5.37. The van der Waals surface area contributed by atoms with Gasteiger partial charge in [-0.05, 0) is 61.0 Å². The van der Waals surface area contributed by atoms with Crippen LogP contribution in [0.25, 0.3) is 11.1 Å². The van der Waals surface area contributed by atoms with Crippen LogP contribution in [0.1, 0.15) is 48.4 Å². The number of aromatic amines is 1. The molecule has 0 spiro atoms. The van der Waals surface area contributed by atoms with E-state index in [1.807, 2.05) is 18.2 Å². The molecule has 0 atom stereocenters. The largest absolute Gasteiger partial charge is 0.309 e. The highest BCUT2D eigenvalue weighted by Gasteiger charge is 2.25. The number of carbonyl (C=O) groups is 1. The van der Waals surface area contributed by atoms with Crippen LogP contribution in [0.2, 0.25) is 0 Å². The van der Waals surface area contributed by atoms with Crippen molar-refractivity contribution in [2.45, 2.75) is 44.6 Å². The third-order valence-electron chi connectivity index (χ3n) is 6.09. The van der Waals surface area contributed by atoms with Crippen LogP contribution in [0.3, 0.4) is 0 Å². The summed E-state index contributed by atoms with van der Waals surface area (Å²) in [5, 5.41) is 10.1. The van der Waals surface area contributed by atoms with Crippen LogP contribution in [-0.4, -0.2) is 34.1 Å². The fraction of sp³-hybridized carbons (Fsp3) is 0.360. The number of nitrogens with zero attached hydrogens (tertiary/aromatic N) is 2. The summed E-state index contributed by atoms with van der Waals surface area (Å²) >= 11 is 0. The number of benzene rings is 2. The molecular weight excluding hydrogens is 372 g/mol. The zero-order chi connectivity index (χ0) is 20.3. The Balaban J connectivity index is 1.16. The van der Waals surface area contributed by atoms with Crippen LogP contribution in [0.5, 0.6) is 0 Å². The van der Waals surface area contributed by atoms with Gasteiger partial charge in [0, 0.05) is 24.2 Å². The van der Waals surface area contributed by atoms with E-state index in [1.165, 1.54) is 55.5 Å². The van der Waals surface area contributed by atoms with Gasteiger partial charge in [-0.15, -0.1) is 0 Å². The second kappa shape index (κ2) is 8.44. The van der Waals surface area contributed by atoms with Gasteiger partial charge in [0.25, 0.3) is 0 Å². The standard InChI is InChI=1S/C25H28N4O/c30-25(26-24-16-23(27-28-24)22-11-12-22)15-18-3-7-20(8-4-18)21-9-5-19(6-10-21)17-29-13-1-2-14-29/h3-10,16,22H,1-2,11-15,17H2,(H2,26,27,28,30). The molecule has 1 aromatic heterocycles. The number of hydrogen-bond acceptors (Lipinski definition) is 3. The summed E-state index contributed by atoms with van der Waals surface area (Å²) < 4.78 is 0. The molecule has 1 aliphatic carbocycles. The van der Waals surface area contributed by atoms with Crippen molar-refractivity contribution in [1.29, 1.82) is 0 Å². The van der Waals surface area contributed by atoms with Crippen molar-refractivity contribution in [3.05, 3.63) is 71.4 Å². The molecule has 5 nitrogen and oxygen atoms in total. The minimum absolute atomic E-state index is 0.0390. The molecular formula is C25H28N4O. The maximum atomic E-state index is 12.3. The Morgan fingerprint density at radius 1 is 0.967 bits per heavy atom. The molecule has 30 heavy (non-hydrogen) atoms. The highest BCUT2D eigenvalue weighted by atomic mass is 16.1. The second-order valence-electron chi connectivity index (χ2n) is 8.58. The molecule has 1 saturated heterocycles. The molecule has 1 aliphatic heterocycles. The molecule has 0 bridgehead atoms. The Labute approximate surface area is 177 Å². The molecule has 0 radical (unpaired) electrons. The minimum Gasteiger partial charge on any atom is -0.309 e. The highest BCUT2D eigenvalue weighted by molar-refractivity contribution is 5.91. The maximum absolute atomic E-state index is 12.3. The van der Waals surface area contributed by atoms with Gasteiger partial charge in [-0.1, -0.05) is 48.5 Å². The van der Waals surface area contributed by atoms with Crippen molar-refractivity contribution in [2.24, 2.45) is 0 Å². The molecule has 2 aromatic carbocycles. The number of amides is 1. The first-order chi connectivity index (χ1) is 14.7. The fourth-order valence-corrected chi connectivity index (χ4v) is 4.19. The third-order valence-corrected chi connectivity index (χ3v) is 6.09. The summed E-state index contributed by atoms with van der Waals surface area (Å²) in [5.41, 5.74) is 5.88. The molecule has 5 heteroatoms. The van der Waals surface area contributed by atoms with Gasteiger partial charge in [-0.25, -0.2) is 0 Å². The van der Waals surface area contributed by atoms with E-state index in [1.54, 1.807) is 0 Å². The first-order valence-corrected chi connectivity index (χ1v) is 11.0. The van der Waals surface area contributed by atoms with Crippen LogP contribution >= 0.6 is 0 Å². The molecule has 154 valence electrons. The van der Waals surface area contributed by atoms with E-state index >= 15 is 0 Å². The first-order valence-electron chi connectivity index (χ1n) is 11.0. The average molecular weight is 401 g/mol. The summed E-state index contributed by atoms with van der Waals surface area (Å²) in [7, 11) is 0. The lowest BCUT2D eigenvalue weighted by Gasteiger charge is -2.14. The summed E-state index contributed by atoms with van der Waals surface area (Å²) in [6, 6.07) is 19.1. The van der Waals surface area contributed by atoms with Gasteiger partial charge in [0.2, 0.25) is 5.91 Å². The van der Waals surface area contributed by atoms with Gasteiger partial charge in [-0.3, -0.25) is 14.8 Å². The van der Waals surface area contributed by atoms with E-state index in [2.05, 4.69) is 56.8 Å². The van der Waals surface area contributed by atoms with Crippen molar-refractivity contribution in [2.75, 3.05) is 18.4 Å². The van der Waals surface area contributed by atoms with Gasteiger partial charge >= 0.3 is 0 Å². The molecule has 1 amide bonds. The molecule has 2 heterocycles. The number of hydrogen-bond donors (Lipinski definition) is 2. The number of H-pyrrole nitrogens is 1. The lowest BCUT2D eigenvalue weighted by Crippen LogP contribution is -2.18. The Hall–Kier alpha value is -2.92. The van der Waals surface area contributed by atoms with Gasteiger partial charge in [0.05, 0.1) is 6.42 Å². The van der Waals surface area contributed by atoms with Gasteiger partial charge in [-0.2, -0.15) is 5.10 Å². The maximum Gasteiger partial charge on any atom is 0.229 e. The summed E-state index contributed by atoms with van der Waals surface area (Å²) in [4.78, 5) is 14.9. The molecule has 5 rings (SSSR count). The van der Waals surface area contributed by atoms with E-state index in [4.69, 9.17) is 0 Å². The van der Waals surface area contributed by atoms with E-state index < -0.39 is 0 Å². The fourth-order valence-electron chi connectivity index (χ4n) is 4.19. The normalized spacial score (nSPS) is 16.7. The zero-order valence-corrected chi connectivity index (χ0v) is 17.2. The first kappa shape index (κ1) is 19.1. The van der Waals surface area contributed by atoms with E-state index in [9.17, 15) is 4.79 Å². The molecule has 0 unspecified atom stereocenters. The molecule has 3 aromatic rings. The molecule has 2 fully saturated rings. The predicted molar refractivity (Wildman–Crippen MR) is 119 cm³/mol. The Bertz CT molecular complexity index is 996. The second-order valence-corrected chi connectivity index (χ2v) is 8.58. The predicted octanol–water partition coefficient (Wildman–Crippen LogP) is 4.73. The number of aromatic nitrogens is 2. The summed E-state index contributed by atoms with van der Waals surface area (Å²) in [5.74, 6) is 1.18. The van der Waals surface area contributed by atoms with Crippen molar-refractivity contribution < 1.29 is 4.79 Å². The quantitative estimate of drug-likeness (QED) is 0.603. The number of nitrogens with one attached hydrogen (secondary N) is 2. The van der Waals surface area contributed by atoms with E-state index in [0.717, 1.165) is 17.8 Å². The van der Waals surface area contributed by atoms with Crippen molar-refractivity contribution in [3.8, 4) is 11.1 Å². The van der Waals surface area contributed by atoms with Crippen LogP contribution in [0, 0.1) is 0 Å². The third kappa shape index (κ3) is 4.62. The van der Waals surface area contributed by atoms with Crippen LogP contribution in [-0.2, 0) is 17.8 Å². The van der Waals surface area contributed by atoms with Crippen LogP contribution in [0.15, 0.2) is 54.6 Å². The van der Waals surface area contributed by atoms with Gasteiger partial charge in [0.15, 0.2) is 5.82 Å².